The lowest BCUT2D eigenvalue weighted by Gasteiger charge is -2.51. The number of amides is 2. The van der Waals surface area contributed by atoms with Gasteiger partial charge in [-0.25, -0.2) is 9.86 Å². The van der Waals surface area contributed by atoms with E-state index in [2.05, 4.69) is 0 Å². The molecule has 1 aromatic rings. The van der Waals surface area contributed by atoms with Gasteiger partial charge < -0.3 is 10.4 Å². The van der Waals surface area contributed by atoms with E-state index in [1.165, 1.54) is 0 Å². The first-order chi connectivity index (χ1) is 11.4. The van der Waals surface area contributed by atoms with Crippen LogP contribution in [-0.4, -0.2) is 33.8 Å². The lowest BCUT2D eigenvalue weighted by Crippen LogP contribution is -2.76. The van der Waals surface area contributed by atoms with Gasteiger partial charge in [-0.3, -0.25) is 9.63 Å². The van der Waals surface area contributed by atoms with E-state index >= 15 is 0 Å². The predicted molar refractivity (Wildman–Crippen MR) is 67.1 cm³/mol. The highest BCUT2D eigenvalue weighted by molar-refractivity contribution is 5.92. The lowest BCUT2D eigenvalue weighted by molar-refractivity contribution is -0.262. The van der Waals surface area contributed by atoms with Gasteiger partial charge in [0.25, 0.3) is 5.91 Å². The lowest BCUT2D eigenvalue weighted by atomic mass is 9.85. The SMILES string of the molecule is [2H]C([2H])([2H])C1(C([2H])([2H])[2H])C(NC(=O)O)C(=O)N1OCc1ccccc1. The number of hydrogen-bond acceptors (Lipinski definition) is 3. The Bertz CT molecular complexity index is 647. The van der Waals surface area contributed by atoms with Crippen molar-refractivity contribution < 1.29 is 27.8 Å². The Kier molecular flexibility index (Phi) is 1.93. The van der Waals surface area contributed by atoms with Gasteiger partial charge in [-0.15, -0.1) is 0 Å². The summed E-state index contributed by atoms with van der Waals surface area (Å²) in [4.78, 5) is 28.3. The van der Waals surface area contributed by atoms with E-state index in [0.717, 1.165) is 0 Å². The molecular formula is C13H16N2O4. The Morgan fingerprint density at radius 2 is 2.21 bits per heavy atom. The van der Waals surface area contributed by atoms with E-state index in [4.69, 9.17) is 18.2 Å². The number of benzene rings is 1. The predicted octanol–water partition coefficient (Wildman–Crippen LogP) is 1.38. The maximum atomic E-state index is 12.2. The maximum absolute atomic E-state index is 12.2. The summed E-state index contributed by atoms with van der Waals surface area (Å²) in [5.74, 6) is -1.08. The van der Waals surface area contributed by atoms with Crippen molar-refractivity contribution in [1.29, 1.82) is 0 Å². The standard InChI is InChI=1S/C13H16N2O4/c1-13(2)10(14-12(17)18)11(16)15(13)19-8-9-6-4-3-5-7-9/h3-7,10,14H,8H2,1-2H3,(H,17,18)/i1D3,2D3. The smallest absolute Gasteiger partial charge is 0.405 e. The number of nitrogens with zero attached hydrogens (tertiary/aromatic N) is 1. The number of rotatable bonds is 4. The number of carbonyl (C=O) groups excluding carboxylic acids is 1. The summed E-state index contributed by atoms with van der Waals surface area (Å²) in [6.45, 7) is -6.70. The van der Waals surface area contributed by atoms with Gasteiger partial charge in [0.15, 0.2) is 0 Å². The fraction of sp³-hybridized carbons (Fsp3) is 0.385. The molecule has 2 rings (SSSR count). The Labute approximate surface area is 119 Å². The van der Waals surface area contributed by atoms with Crippen molar-refractivity contribution in [2.45, 2.75) is 31.9 Å². The number of β-lactam (4-membered cyclic amide) rings is 1. The number of carbonyl (C=O) groups is 2. The number of nitrogens with one attached hydrogen (secondary N) is 1. The van der Waals surface area contributed by atoms with Crippen molar-refractivity contribution in [3.05, 3.63) is 35.9 Å². The van der Waals surface area contributed by atoms with Crippen LogP contribution in [0.1, 0.15) is 27.5 Å². The molecule has 102 valence electrons. The molecule has 1 aliphatic rings. The van der Waals surface area contributed by atoms with Crippen LogP contribution >= 0.6 is 0 Å². The molecule has 1 aromatic carbocycles. The third-order valence-corrected chi connectivity index (χ3v) is 2.66. The minimum atomic E-state index is -3.23. The molecule has 6 heteroatoms. The summed E-state index contributed by atoms with van der Waals surface area (Å²) in [5.41, 5.74) is -2.24. The molecule has 1 heterocycles. The molecule has 0 saturated carbocycles. The van der Waals surface area contributed by atoms with Gasteiger partial charge in [0.2, 0.25) is 0 Å². The van der Waals surface area contributed by atoms with Gasteiger partial charge in [-0.2, -0.15) is 0 Å². The van der Waals surface area contributed by atoms with Crippen molar-refractivity contribution in [1.82, 2.24) is 10.4 Å². The summed E-state index contributed by atoms with van der Waals surface area (Å²) in [5, 5.41) is 10.8. The Morgan fingerprint density at radius 3 is 2.79 bits per heavy atom. The van der Waals surface area contributed by atoms with E-state index in [-0.39, 0.29) is 11.7 Å². The first-order valence-corrected chi connectivity index (χ1v) is 5.43. The zero-order valence-corrected chi connectivity index (χ0v) is 9.79. The van der Waals surface area contributed by atoms with E-state index in [1.54, 1.807) is 35.6 Å². The third kappa shape index (κ3) is 2.53. The molecule has 1 atom stereocenters. The third-order valence-electron chi connectivity index (χ3n) is 2.66. The average molecular weight is 270 g/mol. The Morgan fingerprint density at radius 1 is 1.53 bits per heavy atom. The summed E-state index contributed by atoms with van der Waals surface area (Å²) >= 11 is 0. The van der Waals surface area contributed by atoms with Crippen LogP contribution in [0.3, 0.4) is 0 Å². The van der Waals surface area contributed by atoms with Gasteiger partial charge in [0.1, 0.15) is 12.6 Å². The van der Waals surface area contributed by atoms with Crippen molar-refractivity contribution in [2.75, 3.05) is 0 Å². The molecule has 0 aliphatic carbocycles. The van der Waals surface area contributed by atoms with E-state index < -0.39 is 37.3 Å². The van der Waals surface area contributed by atoms with Crippen molar-refractivity contribution in [3.63, 3.8) is 0 Å². The highest BCUT2D eigenvalue weighted by atomic mass is 16.7. The zero-order chi connectivity index (χ0) is 19.0. The normalized spacial score (nSPS) is 26.8. The molecule has 2 N–H and O–H groups in total. The van der Waals surface area contributed by atoms with Gasteiger partial charge in [0.05, 0.1) is 5.54 Å². The van der Waals surface area contributed by atoms with E-state index in [9.17, 15) is 9.59 Å². The van der Waals surface area contributed by atoms with Crippen LogP contribution in [0.4, 0.5) is 4.79 Å². The molecule has 0 spiro atoms. The zero-order valence-electron chi connectivity index (χ0n) is 15.8. The van der Waals surface area contributed by atoms with Gasteiger partial charge in [0, 0.05) is 8.22 Å². The molecule has 0 radical (unpaired) electrons. The number of carboxylic acid groups (broad SMARTS) is 1. The van der Waals surface area contributed by atoms with Crippen molar-refractivity contribution >= 4 is 12.0 Å². The minimum absolute atomic E-state index is 0.250. The summed E-state index contributed by atoms with van der Waals surface area (Å²) < 4.78 is 45.8. The molecule has 19 heavy (non-hydrogen) atoms. The minimum Gasteiger partial charge on any atom is -0.465 e. The molecule has 1 fully saturated rings. The molecule has 0 aromatic heterocycles. The second-order valence-corrected chi connectivity index (χ2v) is 4.04. The van der Waals surface area contributed by atoms with E-state index in [1.807, 2.05) is 0 Å². The van der Waals surface area contributed by atoms with Gasteiger partial charge in [-0.1, -0.05) is 30.3 Å². The van der Waals surface area contributed by atoms with Crippen LogP contribution in [0.5, 0.6) is 0 Å². The van der Waals surface area contributed by atoms with Crippen LogP contribution < -0.4 is 5.32 Å². The fourth-order valence-electron chi connectivity index (χ4n) is 1.69. The molecule has 0 bridgehead atoms. The molecule has 1 aliphatic heterocycles. The topological polar surface area (TPSA) is 78.9 Å². The molecule has 1 saturated heterocycles. The van der Waals surface area contributed by atoms with Crippen molar-refractivity contribution in [2.24, 2.45) is 0 Å². The van der Waals surface area contributed by atoms with Crippen LogP contribution in [0, 0.1) is 0 Å². The summed E-state index contributed by atoms with van der Waals surface area (Å²) in [7, 11) is 0. The first kappa shape index (κ1) is 7.49. The fourth-order valence-corrected chi connectivity index (χ4v) is 1.69. The largest absolute Gasteiger partial charge is 0.465 e. The van der Waals surface area contributed by atoms with Crippen LogP contribution in [-0.2, 0) is 16.2 Å². The summed E-state index contributed by atoms with van der Waals surface area (Å²) in [6.07, 6.45) is -1.71. The number of hydroxylamine groups is 2. The number of hydrogen-bond donors (Lipinski definition) is 2. The second kappa shape index (κ2) is 4.89. The van der Waals surface area contributed by atoms with Crippen molar-refractivity contribution in [3.8, 4) is 0 Å². The average Bonchev–Trinajstić information content (AvgIpc) is 2.47. The molecule has 1 unspecified atom stereocenters. The quantitative estimate of drug-likeness (QED) is 0.810. The van der Waals surface area contributed by atoms with E-state index in [0.29, 0.717) is 5.56 Å². The first-order valence-electron chi connectivity index (χ1n) is 8.43. The highest BCUT2D eigenvalue weighted by Gasteiger charge is 2.56. The van der Waals surface area contributed by atoms with Crippen LogP contribution in [0.2, 0.25) is 0 Å². The molecule has 2 amide bonds. The maximum Gasteiger partial charge on any atom is 0.405 e. The van der Waals surface area contributed by atoms with Gasteiger partial charge in [-0.05, 0) is 19.3 Å². The monoisotopic (exact) mass is 270 g/mol. The molecular weight excluding hydrogens is 248 g/mol. The van der Waals surface area contributed by atoms with Crippen LogP contribution in [0.25, 0.3) is 0 Å². The van der Waals surface area contributed by atoms with Crippen LogP contribution in [0.15, 0.2) is 30.3 Å². The second-order valence-electron chi connectivity index (χ2n) is 4.04. The highest BCUT2D eigenvalue weighted by Crippen LogP contribution is 2.32. The Hall–Kier alpha value is -2.08. The summed E-state index contributed by atoms with van der Waals surface area (Å²) in [6, 6.07) is 6.42. The Balaban J connectivity index is 2.39. The van der Waals surface area contributed by atoms with Gasteiger partial charge >= 0.3 is 6.09 Å². The molecule has 6 nitrogen and oxygen atoms in total.